The Balaban J connectivity index is 0.000000291. The fourth-order valence-corrected chi connectivity index (χ4v) is 5.95. The fourth-order valence-electron chi connectivity index (χ4n) is 5.95. The van der Waals surface area contributed by atoms with Crippen molar-refractivity contribution in [2.45, 2.75) is 59.3 Å². The quantitative estimate of drug-likeness (QED) is 0.166. The van der Waals surface area contributed by atoms with Crippen LogP contribution in [-0.2, 0) is 30.9 Å². The molecule has 253 valence electrons. The zero-order valence-corrected chi connectivity index (χ0v) is 32.1. The molecule has 0 aliphatic carbocycles. The van der Waals surface area contributed by atoms with E-state index in [4.69, 9.17) is 4.98 Å². The molecule has 0 N–H and O–H groups in total. The smallest absolute Gasteiger partial charge is 0.116 e. The Bertz CT molecular complexity index is 2200. The second-order valence-corrected chi connectivity index (χ2v) is 14.4. The van der Waals surface area contributed by atoms with Gasteiger partial charge < -0.3 is 9.97 Å². The maximum absolute atomic E-state index is 4.76. The molecule has 4 aromatic carbocycles. The van der Waals surface area contributed by atoms with E-state index in [9.17, 15) is 0 Å². The molecule has 0 fully saturated rings. The molecule has 3 aromatic heterocycles. The Hall–Kier alpha value is -4.83. The summed E-state index contributed by atoms with van der Waals surface area (Å²) in [5.74, 6) is 0. The summed E-state index contributed by atoms with van der Waals surface area (Å²) < 4.78 is 0. The summed E-state index contributed by atoms with van der Waals surface area (Å²) in [7, 11) is 0. The average Bonchev–Trinajstić information content (AvgIpc) is 3.11. The minimum absolute atomic E-state index is 0. The van der Waals surface area contributed by atoms with E-state index < -0.39 is 0 Å². The van der Waals surface area contributed by atoms with E-state index in [1.165, 1.54) is 22.3 Å². The van der Waals surface area contributed by atoms with Crippen LogP contribution in [0.5, 0.6) is 0 Å². The molecule has 0 aliphatic rings. The van der Waals surface area contributed by atoms with Crippen molar-refractivity contribution in [3.63, 3.8) is 0 Å². The molecule has 0 aliphatic heterocycles. The molecule has 7 aromatic rings. The van der Waals surface area contributed by atoms with E-state index in [0.717, 1.165) is 50.1 Å². The van der Waals surface area contributed by atoms with Crippen molar-refractivity contribution >= 4 is 10.9 Å². The van der Waals surface area contributed by atoms with Crippen molar-refractivity contribution in [3.05, 3.63) is 157 Å². The molecular weight excluding hydrogens is 789 g/mol. The number of hydrogen-bond acceptors (Lipinski definition) is 4. The molecular formula is C45H42IrN4-2. The molecule has 0 saturated carbocycles. The minimum Gasteiger partial charge on any atom is -0.305 e. The van der Waals surface area contributed by atoms with Crippen LogP contribution in [0, 0.1) is 19.1 Å². The zero-order valence-electron chi connectivity index (χ0n) is 29.7. The summed E-state index contributed by atoms with van der Waals surface area (Å²) in [6.07, 6.45) is 7.22. The Morgan fingerprint density at radius 3 is 2.02 bits per heavy atom. The second kappa shape index (κ2) is 15.4. The molecule has 1 radical (unpaired) electrons. The minimum atomic E-state index is -0.00985. The summed E-state index contributed by atoms with van der Waals surface area (Å²) in [5.41, 5.74) is 13.4. The van der Waals surface area contributed by atoms with Gasteiger partial charge in [-0.1, -0.05) is 101 Å². The predicted octanol–water partition coefficient (Wildman–Crippen LogP) is 11.3. The monoisotopic (exact) mass is 831 g/mol. The van der Waals surface area contributed by atoms with Crippen molar-refractivity contribution in [2.24, 2.45) is 0 Å². The third kappa shape index (κ3) is 8.30. The third-order valence-corrected chi connectivity index (χ3v) is 8.61. The Morgan fingerprint density at radius 2 is 1.32 bits per heavy atom. The number of aryl methyl sites for hydroxylation is 1. The molecule has 3 heterocycles. The number of benzene rings is 4. The van der Waals surface area contributed by atoms with Crippen LogP contribution in [0.3, 0.4) is 0 Å². The van der Waals surface area contributed by atoms with Crippen molar-refractivity contribution in [1.82, 2.24) is 19.9 Å². The van der Waals surface area contributed by atoms with Gasteiger partial charge in [0.05, 0.1) is 5.52 Å². The van der Waals surface area contributed by atoms with Gasteiger partial charge in [0.2, 0.25) is 0 Å². The first-order valence-electron chi connectivity index (χ1n) is 16.7. The summed E-state index contributed by atoms with van der Waals surface area (Å²) in [6.45, 7) is 15.7. The number of rotatable bonds is 4. The third-order valence-electron chi connectivity index (χ3n) is 8.61. The molecule has 50 heavy (non-hydrogen) atoms. The van der Waals surface area contributed by atoms with Gasteiger partial charge in [-0.05, 0) is 69.1 Å². The molecule has 0 bridgehead atoms. The first-order valence-corrected chi connectivity index (χ1v) is 16.7. The van der Waals surface area contributed by atoms with Crippen LogP contribution in [0.15, 0.2) is 128 Å². The fraction of sp³-hybridized carbons (Fsp3) is 0.200. The summed E-state index contributed by atoms with van der Waals surface area (Å²) >= 11 is 0. The SMILES string of the molecule is CC(C)(C)c1ccc(-c2ccc(-c3cc[c-]c(-c4ccccn4)c3)c3ncncc23)c(C(C)(C)C)c1.Cc1ccnc(-c2[c-]cccc2)c1.[Ir]. The van der Waals surface area contributed by atoms with Crippen molar-refractivity contribution in [1.29, 1.82) is 0 Å². The van der Waals surface area contributed by atoms with Gasteiger partial charge in [0, 0.05) is 44.1 Å². The number of hydrogen-bond donors (Lipinski definition) is 0. The number of aromatic nitrogens is 4. The van der Waals surface area contributed by atoms with Gasteiger partial charge in [-0.25, -0.2) is 9.97 Å². The number of nitrogens with zero attached hydrogens (tertiary/aromatic N) is 4. The molecule has 0 saturated heterocycles. The zero-order chi connectivity index (χ0) is 34.6. The summed E-state index contributed by atoms with van der Waals surface area (Å²) in [5, 5.41) is 1.05. The first kappa shape index (κ1) is 36.4. The van der Waals surface area contributed by atoms with Gasteiger partial charge in [-0.3, -0.25) is 0 Å². The van der Waals surface area contributed by atoms with Crippen LogP contribution in [0.1, 0.15) is 58.2 Å². The van der Waals surface area contributed by atoms with E-state index >= 15 is 0 Å². The van der Waals surface area contributed by atoms with Crippen LogP contribution in [0.4, 0.5) is 0 Å². The first-order chi connectivity index (χ1) is 23.5. The van der Waals surface area contributed by atoms with Gasteiger partial charge in [0.25, 0.3) is 0 Å². The molecule has 0 spiro atoms. The van der Waals surface area contributed by atoms with Gasteiger partial charge >= 0.3 is 0 Å². The standard InChI is InChI=1S/C33H32N3.C12H10N.Ir/c1-32(2,3)24-13-14-27(29(19-24)33(4,5)6)26-16-15-25(31-28(26)20-34-21-36-31)22-10-9-11-23(18-22)30-12-7-8-17-35-30;1-10-7-8-13-12(9-10)11-5-3-2-4-6-11;/h7-10,12-21H,1-6H3;2-5,7-9H,1H3;/q2*-1;. The van der Waals surface area contributed by atoms with Gasteiger partial charge in [-0.15, -0.1) is 65.7 Å². The molecule has 0 unspecified atom stereocenters. The topological polar surface area (TPSA) is 51.6 Å². The molecule has 0 amide bonds. The average molecular weight is 831 g/mol. The Labute approximate surface area is 310 Å². The van der Waals surface area contributed by atoms with Crippen molar-refractivity contribution in [3.8, 4) is 44.8 Å². The number of pyridine rings is 2. The van der Waals surface area contributed by atoms with E-state index in [1.54, 1.807) is 6.33 Å². The second-order valence-electron chi connectivity index (χ2n) is 14.4. The Morgan fingerprint density at radius 1 is 0.580 bits per heavy atom. The van der Waals surface area contributed by atoms with Crippen LogP contribution in [0.25, 0.3) is 55.7 Å². The van der Waals surface area contributed by atoms with E-state index in [2.05, 4.69) is 124 Å². The molecule has 7 rings (SSSR count). The maximum Gasteiger partial charge on any atom is 0.116 e. The van der Waals surface area contributed by atoms with E-state index in [-0.39, 0.29) is 30.9 Å². The van der Waals surface area contributed by atoms with Crippen LogP contribution in [-0.4, -0.2) is 19.9 Å². The van der Waals surface area contributed by atoms with Crippen LogP contribution < -0.4 is 0 Å². The van der Waals surface area contributed by atoms with E-state index in [0.29, 0.717) is 0 Å². The molecule has 4 nitrogen and oxygen atoms in total. The molecule has 0 atom stereocenters. The van der Waals surface area contributed by atoms with Gasteiger partial charge in [0.15, 0.2) is 0 Å². The largest absolute Gasteiger partial charge is 0.305 e. The normalized spacial score (nSPS) is 11.3. The maximum atomic E-state index is 4.76. The van der Waals surface area contributed by atoms with Crippen molar-refractivity contribution in [2.75, 3.05) is 0 Å². The van der Waals surface area contributed by atoms with Crippen molar-refractivity contribution < 1.29 is 20.1 Å². The molecule has 5 heteroatoms. The van der Waals surface area contributed by atoms with Crippen LogP contribution >= 0.6 is 0 Å². The summed E-state index contributed by atoms with van der Waals surface area (Å²) in [6, 6.07) is 41.8. The van der Waals surface area contributed by atoms with Gasteiger partial charge in [-0.2, -0.15) is 0 Å². The van der Waals surface area contributed by atoms with E-state index in [1.807, 2.05) is 73.2 Å². The Kier molecular flexibility index (Phi) is 11.2. The van der Waals surface area contributed by atoms with Crippen LogP contribution in [0.2, 0.25) is 0 Å². The predicted molar refractivity (Wildman–Crippen MR) is 203 cm³/mol. The van der Waals surface area contributed by atoms with Gasteiger partial charge in [0.1, 0.15) is 6.33 Å². The summed E-state index contributed by atoms with van der Waals surface area (Å²) in [4.78, 5) is 18.0. The number of fused-ring (bicyclic) bond motifs is 1.